The Labute approximate surface area is 156 Å². The van der Waals surface area contributed by atoms with Crippen LogP contribution in [-0.2, 0) is 32.2 Å². The van der Waals surface area contributed by atoms with Crippen LogP contribution in [0.5, 0.6) is 0 Å². The van der Waals surface area contributed by atoms with Crippen molar-refractivity contribution in [2.75, 3.05) is 6.61 Å². The van der Waals surface area contributed by atoms with Crippen LogP contribution in [0.15, 0.2) is 24.3 Å². The molecule has 1 aromatic carbocycles. The second kappa shape index (κ2) is 9.38. The molecule has 2 unspecified atom stereocenters. The van der Waals surface area contributed by atoms with Crippen LogP contribution in [0.25, 0.3) is 0 Å². The molecule has 128 valence electrons. The number of ether oxygens (including phenoxy) is 1. The van der Waals surface area contributed by atoms with E-state index in [1.165, 1.54) is 62.5 Å². The van der Waals surface area contributed by atoms with Crippen LogP contribution in [0.4, 0.5) is 0 Å². The summed E-state index contributed by atoms with van der Waals surface area (Å²) in [4.78, 5) is 0. The summed E-state index contributed by atoms with van der Waals surface area (Å²) in [6, 6.07) is 9.11. The normalized spacial score (nSPS) is 31.4. The summed E-state index contributed by atoms with van der Waals surface area (Å²) in [5.74, 6) is 2.76. The molecule has 0 bridgehead atoms. The van der Waals surface area contributed by atoms with Gasteiger partial charge >= 0.3 is 0 Å². The maximum atomic E-state index is 5.89. The molecule has 0 N–H and O–H groups in total. The van der Waals surface area contributed by atoms with Gasteiger partial charge in [0.25, 0.3) is 0 Å². The monoisotopic (exact) mass is 484 g/mol. The Bertz CT molecular complexity index is 439. The fraction of sp³-hybridized carbons (Fsp3) is 0.714. The van der Waals surface area contributed by atoms with Crippen LogP contribution in [-0.4, -0.2) is 12.7 Å². The van der Waals surface area contributed by atoms with Gasteiger partial charge in [-0.15, -0.1) is 0 Å². The van der Waals surface area contributed by atoms with Crippen molar-refractivity contribution in [1.29, 1.82) is 0 Å². The van der Waals surface area contributed by atoms with Crippen LogP contribution in [0.1, 0.15) is 63.0 Å². The molecule has 1 nitrogen and oxygen atoms in total. The summed E-state index contributed by atoms with van der Waals surface area (Å²) in [5.41, 5.74) is 2.88. The molecule has 0 amide bonds. The molecule has 1 aliphatic carbocycles. The van der Waals surface area contributed by atoms with Gasteiger partial charge in [0.15, 0.2) is 0 Å². The molecule has 1 heterocycles. The van der Waals surface area contributed by atoms with Gasteiger partial charge < -0.3 is 4.74 Å². The van der Waals surface area contributed by atoms with E-state index in [0.717, 1.165) is 24.4 Å². The Morgan fingerprint density at radius 3 is 2.17 bits per heavy atom. The van der Waals surface area contributed by atoms with Gasteiger partial charge in [-0.05, 0) is 75.7 Å². The predicted octanol–water partition coefficient (Wildman–Crippen LogP) is 5.55. The van der Waals surface area contributed by atoms with Crippen molar-refractivity contribution in [3.8, 4) is 0 Å². The van der Waals surface area contributed by atoms with Crippen LogP contribution >= 0.6 is 0 Å². The Balaban J connectivity index is 0.00000192. The molecule has 1 aliphatic heterocycles. The molecule has 0 radical (unpaired) electrons. The molecule has 2 heteroatoms. The Morgan fingerprint density at radius 2 is 1.57 bits per heavy atom. The molecule has 2 atom stereocenters. The quantitative estimate of drug-likeness (QED) is 0.545. The van der Waals surface area contributed by atoms with Gasteiger partial charge in [-0.25, -0.2) is 0 Å². The van der Waals surface area contributed by atoms with E-state index in [2.05, 4.69) is 38.1 Å². The van der Waals surface area contributed by atoms with Crippen molar-refractivity contribution in [3.05, 3.63) is 35.4 Å². The minimum absolute atomic E-state index is 0. The second-order valence-electron chi connectivity index (χ2n) is 7.79. The smallest absolute Gasteiger partial charge is 0.0547 e. The Hall–Kier alpha value is -0.132. The average molecular weight is 484 g/mol. The fourth-order valence-corrected chi connectivity index (χ4v) is 4.35. The van der Waals surface area contributed by atoms with Gasteiger partial charge in [0.2, 0.25) is 0 Å². The molecule has 1 aromatic rings. The first-order chi connectivity index (χ1) is 10.7. The predicted molar refractivity (Wildman–Crippen MR) is 93.1 cm³/mol. The van der Waals surface area contributed by atoms with Gasteiger partial charge in [-0.3, -0.25) is 0 Å². The van der Waals surface area contributed by atoms with Crippen molar-refractivity contribution in [2.24, 2.45) is 17.8 Å². The third-order valence-electron chi connectivity index (χ3n) is 6.06. The Morgan fingerprint density at radius 1 is 0.913 bits per heavy atom. The van der Waals surface area contributed by atoms with Crippen LogP contribution < -0.4 is 0 Å². The van der Waals surface area contributed by atoms with Crippen molar-refractivity contribution < 1.29 is 25.8 Å². The van der Waals surface area contributed by atoms with Crippen molar-refractivity contribution >= 4 is 0 Å². The molecule has 2 fully saturated rings. The Kier molecular flexibility index (Phi) is 7.83. The number of rotatable bonds is 4. The first-order valence-corrected chi connectivity index (χ1v) is 9.38. The molecule has 2 aliphatic rings. The minimum atomic E-state index is 0. The summed E-state index contributed by atoms with van der Waals surface area (Å²) in [7, 11) is 0. The summed E-state index contributed by atoms with van der Waals surface area (Å²) < 4.78 is 5.89. The summed E-state index contributed by atoms with van der Waals surface area (Å²) in [5, 5.41) is 0. The van der Waals surface area contributed by atoms with E-state index >= 15 is 0 Å². The van der Waals surface area contributed by atoms with E-state index in [9.17, 15) is 0 Å². The molecule has 1 saturated heterocycles. The van der Waals surface area contributed by atoms with E-state index in [4.69, 9.17) is 4.74 Å². The van der Waals surface area contributed by atoms with Crippen LogP contribution in [0, 0.1) is 24.7 Å². The van der Waals surface area contributed by atoms with Crippen molar-refractivity contribution in [2.45, 2.75) is 71.3 Å². The number of hydrogen-bond acceptors (Lipinski definition) is 1. The van der Waals surface area contributed by atoms with Gasteiger partial charge in [0.05, 0.1) is 12.7 Å². The van der Waals surface area contributed by atoms with Gasteiger partial charge in [-0.1, -0.05) is 42.7 Å². The van der Waals surface area contributed by atoms with Crippen molar-refractivity contribution in [3.63, 3.8) is 0 Å². The van der Waals surface area contributed by atoms with Gasteiger partial charge in [0, 0.05) is 21.1 Å². The standard InChI is InChI=1S/C21H32O.W/c1-16-3-6-18(7-4-16)8-9-19-10-13-20(14-11-19)21-12-5-17(2)22-15-21;/h3-4,6-7,17,19-21H,5,8-15H2,1-2H3;. The molecular weight excluding hydrogens is 452 g/mol. The van der Waals surface area contributed by atoms with Gasteiger partial charge in [-0.2, -0.15) is 0 Å². The number of benzene rings is 1. The summed E-state index contributed by atoms with van der Waals surface area (Å²) in [6.07, 6.45) is 11.6. The average Bonchev–Trinajstić information content (AvgIpc) is 2.56. The van der Waals surface area contributed by atoms with E-state index in [1.54, 1.807) is 0 Å². The molecule has 1 saturated carbocycles. The second-order valence-corrected chi connectivity index (χ2v) is 7.79. The summed E-state index contributed by atoms with van der Waals surface area (Å²) in [6.45, 7) is 5.42. The largest absolute Gasteiger partial charge is 0.378 e. The summed E-state index contributed by atoms with van der Waals surface area (Å²) >= 11 is 0. The van der Waals surface area contributed by atoms with E-state index in [0.29, 0.717) is 6.10 Å². The topological polar surface area (TPSA) is 9.23 Å². The first-order valence-electron chi connectivity index (χ1n) is 9.38. The zero-order chi connectivity index (χ0) is 15.4. The molecule has 0 spiro atoms. The minimum Gasteiger partial charge on any atom is -0.378 e. The molecular formula is C21H32OW. The first kappa shape index (κ1) is 19.2. The SMILES string of the molecule is Cc1ccc(CCC2CCC(C3CCC(C)OC3)CC2)cc1.[W]. The van der Waals surface area contributed by atoms with Crippen molar-refractivity contribution in [1.82, 2.24) is 0 Å². The van der Waals surface area contributed by atoms with E-state index in [-0.39, 0.29) is 21.1 Å². The fourth-order valence-electron chi connectivity index (χ4n) is 4.35. The van der Waals surface area contributed by atoms with Crippen LogP contribution in [0.2, 0.25) is 0 Å². The molecule has 23 heavy (non-hydrogen) atoms. The number of aryl methyl sites for hydroxylation is 2. The molecule has 3 rings (SSSR count). The third-order valence-corrected chi connectivity index (χ3v) is 6.06. The zero-order valence-electron chi connectivity index (χ0n) is 14.8. The molecule has 0 aromatic heterocycles. The van der Waals surface area contributed by atoms with Gasteiger partial charge in [0.1, 0.15) is 0 Å². The zero-order valence-corrected chi connectivity index (χ0v) is 17.7. The van der Waals surface area contributed by atoms with Crippen LogP contribution in [0.3, 0.4) is 0 Å². The van der Waals surface area contributed by atoms with E-state index < -0.39 is 0 Å². The number of hydrogen-bond donors (Lipinski definition) is 0. The third kappa shape index (κ3) is 5.71. The maximum Gasteiger partial charge on any atom is 0.0547 e. The maximum absolute atomic E-state index is 5.89. The van der Waals surface area contributed by atoms with E-state index in [1.807, 2.05) is 0 Å².